The average Bonchev–Trinajstić information content (AvgIpc) is 3.09. The van der Waals surface area contributed by atoms with Gasteiger partial charge in [0.25, 0.3) is 5.91 Å². The minimum absolute atomic E-state index is 0. The zero-order chi connectivity index (χ0) is 18.4. The fourth-order valence-corrected chi connectivity index (χ4v) is 5.18. The molecule has 2 heterocycles. The van der Waals surface area contributed by atoms with Gasteiger partial charge >= 0.3 is 0 Å². The van der Waals surface area contributed by atoms with Crippen LogP contribution in [0.25, 0.3) is 0 Å². The van der Waals surface area contributed by atoms with Crippen molar-refractivity contribution >= 4 is 30.0 Å². The van der Waals surface area contributed by atoms with Crippen molar-refractivity contribution in [3.63, 3.8) is 0 Å². The summed E-state index contributed by atoms with van der Waals surface area (Å²) in [5, 5.41) is 7.34. The van der Waals surface area contributed by atoms with Crippen LogP contribution in [0.1, 0.15) is 44.2 Å². The second-order valence-electron chi connectivity index (χ2n) is 8.30. The number of hydrogen-bond donors (Lipinski definition) is 2. The first-order chi connectivity index (χ1) is 12.4. The predicted molar refractivity (Wildman–Crippen MR) is 106 cm³/mol. The van der Waals surface area contributed by atoms with Gasteiger partial charge in [-0.05, 0) is 50.9 Å². The van der Waals surface area contributed by atoms with E-state index in [2.05, 4.69) is 10.4 Å². The molecule has 3 aliphatic rings. The third-order valence-corrected chi connectivity index (χ3v) is 6.56. The molecule has 27 heavy (non-hydrogen) atoms. The van der Waals surface area contributed by atoms with E-state index in [1.54, 1.807) is 9.58 Å². The molecule has 3 unspecified atom stereocenters. The first-order valence-electron chi connectivity index (χ1n) is 9.82. The van der Waals surface area contributed by atoms with Gasteiger partial charge < -0.3 is 11.1 Å². The minimum atomic E-state index is -0.423. The number of carbonyl (C=O) groups is 2. The topological polar surface area (TPSA) is 93.3 Å². The lowest BCUT2D eigenvalue weighted by Gasteiger charge is -2.43. The summed E-state index contributed by atoms with van der Waals surface area (Å²) >= 11 is 0. The Morgan fingerprint density at radius 1 is 1.26 bits per heavy atom. The molecular formula is C19H30ClN5O2. The van der Waals surface area contributed by atoms with Crippen LogP contribution in [0.2, 0.25) is 0 Å². The molecular weight excluding hydrogens is 366 g/mol. The number of fused-ring (bicyclic) bond motifs is 2. The Morgan fingerprint density at radius 2 is 1.93 bits per heavy atom. The van der Waals surface area contributed by atoms with Crippen LogP contribution >= 0.6 is 12.4 Å². The second-order valence-corrected chi connectivity index (χ2v) is 8.30. The molecule has 1 aromatic heterocycles. The van der Waals surface area contributed by atoms with Gasteiger partial charge in [-0.25, -0.2) is 0 Å². The average molecular weight is 396 g/mol. The molecule has 2 aliphatic carbocycles. The largest absolute Gasteiger partial charge is 0.344 e. The fourth-order valence-electron chi connectivity index (χ4n) is 5.18. The number of hydrogen-bond acceptors (Lipinski definition) is 4. The highest BCUT2D eigenvalue weighted by atomic mass is 35.5. The van der Waals surface area contributed by atoms with E-state index in [1.807, 2.05) is 20.0 Å². The van der Waals surface area contributed by atoms with E-state index in [1.165, 1.54) is 6.42 Å². The van der Waals surface area contributed by atoms with E-state index in [9.17, 15) is 9.59 Å². The summed E-state index contributed by atoms with van der Waals surface area (Å²) in [6.45, 7) is 2.53. The van der Waals surface area contributed by atoms with Gasteiger partial charge in [-0.2, -0.15) is 5.10 Å². The highest BCUT2D eigenvalue weighted by Gasteiger charge is 2.42. The number of nitrogens with two attached hydrogens (primary N) is 1. The Labute approximate surface area is 166 Å². The van der Waals surface area contributed by atoms with Crippen molar-refractivity contribution in [1.29, 1.82) is 0 Å². The quantitative estimate of drug-likeness (QED) is 0.811. The molecule has 0 spiro atoms. The summed E-state index contributed by atoms with van der Waals surface area (Å²) < 4.78 is 1.72. The number of anilines is 1. The molecule has 150 valence electrons. The van der Waals surface area contributed by atoms with Crippen molar-refractivity contribution in [2.24, 2.45) is 30.5 Å². The Morgan fingerprint density at radius 3 is 2.52 bits per heavy atom. The molecule has 3 fully saturated rings. The number of nitrogens with zero attached hydrogens (tertiary/aromatic N) is 3. The predicted octanol–water partition coefficient (Wildman–Crippen LogP) is 1.53. The van der Waals surface area contributed by atoms with Gasteiger partial charge in [0.1, 0.15) is 11.9 Å². The Hall–Kier alpha value is -1.60. The normalized spacial score (nSPS) is 32.9. The lowest BCUT2D eigenvalue weighted by atomic mass is 9.65. The van der Waals surface area contributed by atoms with E-state index < -0.39 is 6.04 Å². The molecule has 4 rings (SSSR count). The standard InChI is InChI=1S/C19H29N5O2.ClH/c1-11-8-16(23(2)22-11)24-7-6-15(19(24)26)21-18(25)14-9-12-4-3-5-13(10-14)17(12)20;/h8,12-15,17H,3-7,9-10,20H2,1-2H3,(H,21,25);1H. The van der Waals surface area contributed by atoms with Crippen molar-refractivity contribution in [3.8, 4) is 0 Å². The highest BCUT2D eigenvalue weighted by Crippen LogP contribution is 2.42. The summed E-state index contributed by atoms with van der Waals surface area (Å²) in [6, 6.07) is 1.74. The van der Waals surface area contributed by atoms with Gasteiger partial charge in [-0.1, -0.05) is 6.42 Å². The monoisotopic (exact) mass is 395 g/mol. The molecule has 7 nitrogen and oxygen atoms in total. The second kappa shape index (κ2) is 7.80. The summed E-state index contributed by atoms with van der Waals surface area (Å²) in [6.07, 6.45) is 5.89. The van der Waals surface area contributed by atoms with Gasteiger partial charge in [0.05, 0.1) is 5.69 Å². The van der Waals surface area contributed by atoms with Crippen LogP contribution in [0.15, 0.2) is 6.07 Å². The number of carbonyl (C=O) groups excluding carboxylic acids is 2. The summed E-state index contributed by atoms with van der Waals surface area (Å²) in [7, 11) is 1.84. The zero-order valence-electron chi connectivity index (χ0n) is 16.1. The lowest BCUT2D eigenvalue weighted by Crippen LogP contribution is -2.51. The number of halogens is 1. The molecule has 3 N–H and O–H groups in total. The van der Waals surface area contributed by atoms with E-state index in [0.717, 1.165) is 37.2 Å². The molecule has 3 atom stereocenters. The third kappa shape index (κ3) is 3.72. The SMILES string of the molecule is Cc1cc(N2CCC(NC(=O)C3CC4CCCC(C3)C4N)C2=O)n(C)n1.Cl. The molecule has 1 saturated heterocycles. The zero-order valence-corrected chi connectivity index (χ0v) is 16.9. The maximum absolute atomic E-state index is 12.8. The van der Waals surface area contributed by atoms with Gasteiger partial charge in [0.15, 0.2) is 0 Å². The van der Waals surface area contributed by atoms with Gasteiger partial charge in [0.2, 0.25) is 5.91 Å². The molecule has 2 saturated carbocycles. The number of aromatic nitrogens is 2. The molecule has 0 aromatic carbocycles. The lowest BCUT2D eigenvalue weighted by molar-refractivity contribution is -0.131. The first kappa shape index (κ1) is 20.1. The highest BCUT2D eigenvalue weighted by molar-refractivity contribution is 6.01. The summed E-state index contributed by atoms with van der Waals surface area (Å²) in [4.78, 5) is 27.3. The maximum atomic E-state index is 12.8. The van der Waals surface area contributed by atoms with E-state index in [-0.39, 0.29) is 36.2 Å². The van der Waals surface area contributed by atoms with Crippen LogP contribution < -0.4 is 16.0 Å². The Balaban J connectivity index is 0.00000210. The van der Waals surface area contributed by atoms with Crippen LogP contribution in [-0.2, 0) is 16.6 Å². The van der Waals surface area contributed by atoms with Gasteiger partial charge in [0, 0.05) is 31.6 Å². The molecule has 0 radical (unpaired) electrons. The third-order valence-electron chi connectivity index (χ3n) is 6.56. The first-order valence-corrected chi connectivity index (χ1v) is 9.82. The fraction of sp³-hybridized carbons (Fsp3) is 0.737. The number of amides is 2. The summed E-state index contributed by atoms with van der Waals surface area (Å²) in [5.41, 5.74) is 7.21. The number of aryl methyl sites for hydroxylation is 2. The Kier molecular flexibility index (Phi) is 5.82. The van der Waals surface area contributed by atoms with Crippen LogP contribution in [0, 0.1) is 24.7 Å². The molecule has 1 aliphatic heterocycles. The van der Waals surface area contributed by atoms with Crippen LogP contribution in [0.3, 0.4) is 0 Å². The van der Waals surface area contributed by atoms with Gasteiger partial charge in [-0.15, -0.1) is 12.4 Å². The number of rotatable bonds is 3. The molecule has 2 amide bonds. The maximum Gasteiger partial charge on any atom is 0.250 e. The van der Waals surface area contributed by atoms with Gasteiger partial charge in [-0.3, -0.25) is 19.2 Å². The minimum Gasteiger partial charge on any atom is -0.344 e. The van der Waals surface area contributed by atoms with Crippen LogP contribution in [0.4, 0.5) is 5.82 Å². The van der Waals surface area contributed by atoms with E-state index in [0.29, 0.717) is 24.8 Å². The van der Waals surface area contributed by atoms with Crippen molar-refractivity contribution in [1.82, 2.24) is 15.1 Å². The Bertz CT molecular complexity index is 707. The van der Waals surface area contributed by atoms with Crippen molar-refractivity contribution in [2.75, 3.05) is 11.4 Å². The van der Waals surface area contributed by atoms with Crippen molar-refractivity contribution < 1.29 is 9.59 Å². The number of nitrogens with one attached hydrogen (secondary N) is 1. The van der Waals surface area contributed by atoms with Crippen LogP contribution in [0.5, 0.6) is 0 Å². The molecule has 8 heteroatoms. The smallest absolute Gasteiger partial charge is 0.250 e. The van der Waals surface area contributed by atoms with E-state index in [4.69, 9.17) is 5.73 Å². The van der Waals surface area contributed by atoms with Crippen molar-refractivity contribution in [2.45, 2.75) is 57.5 Å². The van der Waals surface area contributed by atoms with Crippen molar-refractivity contribution in [3.05, 3.63) is 11.8 Å². The molecule has 1 aromatic rings. The molecule has 2 bridgehead atoms. The van der Waals surface area contributed by atoms with E-state index >= 15 is 0 Å². The van der Waals surface area contributed by atoms with Crippen LogP contribution in [-0.4, -0.2) is 40.2 Å². The summed E-state index contributed by atoms with van der Waals surface area (Å²) in [5.74, 6) is 1.73.